The number of nitrogens with zero attached hydrogens (tertiary/aromatic N) is 5. The lowest BCUT2D eigenvalue weighted by Gasteiger charge is -2.34. The molecule has 0 aliphatic carbocycles. The SMILES string of the molecule is c1ccc(CN2CCC[C@H](n3ccnc3-c3cc4n(n3)CCNC4)C2)cc1. The molecule has 1 fully saturated rings. The van der Waals surface area contributed by atoms with E-state index in [2.05, 4.69) is 67.0 Å². The fourth-order valence-electron chi connectivity index (χ4n) is 4.35. The van der Waals surface area contributed by atoms with Gasteiger partial charge in [0.25, 0.3) is 0 Å². The normalized spacial score (nSPS) is 20.5. The van der Waals surface area contributed by atoms with Gasteiger partial charge in [0.2, 0.25) is 0 Å². The highest BCUT2D eigenvalue weighted by Crippen LogP contribution is 2.28. The maximum atomic E-state index is 4.82. The fraction of sp³-hybridized carbons (Fsp3) is 0.429. The molecule has 6 heteroatoms. The van der Waals surface area contributed by atoms with Gasteiger partial charge in [0.05, 0.1) is 12.2 Å². The highest BCUT2D eigenvalue weighted by Gasteiger charge is 2.25. The number of hydrogen-bond donors (Lipinski definition) is 1. The van der Waals surface area contributed by atoms with Gasteiger partial charge in [-0.25, -0.2) is 4.98 Å². The summed E-state index contributed by atoms with van der Waals surface area (Å²) in [6.45, 7) is 6.06. The van der Waals surface area contributed by atoms with Crippen LogP contribution in [-0.4, -0.2) is 43.9 Å². The Morgan fingerprint density at radius 2 is 2.07 bits per heavy atom. The first-order valence-corrected chi connectivity index (χ1v) is 9.94. The number of nitrogens with one attached hydrogen (secondary N) is 1. The summed E-state index contributed by atoms with van der Waals surface area (Å²) in [6.07, 6.45) is 6.47. The van der Waals surface area contributed by atoms with Gasteiger partial charge in [0.1, 0.15) is 5.69 Å². The van der Waals surface area contributed by atoms with Crippen LogP contribution in [0.2, 0.25) is 0 Å². The summed E-state index contributed by atoms with van der Waals surface area (Å²) in [7, 11) is 0. The van der Waals surface area contributed by atoms with Gasteiger partial charge in [0.15, 0.2) is 5.82 Å². The molecule has 0 unspecified atom stereocenters. The van der Waals surface area contributed by atoms with Crippen LogP contribution in [0, 0.1) is 0 Å². The van der Waals surface area contributed by atoms with Crippen LogP contribution in [0.4, 0.5) is 0 Å². The molecule has 2 aromatic heterocycles. The summed E-state index contributed by atoms with van der Waals surface area (Å²) in [4.78, 5) is 7.23. The number of likely N-dealkylation sites (tertiary alicyclic amines) is 1. The molecule has 0 spiro atoms. The first-order chi connectivity index (χ1) is 13.4. The molecule has 27 heavy (non-hydrogen) atoms. The monoisotopic (exact) mass is 362 g/mol. The van der Waals surface area contributed by atoms with E-state index < -0.39 is 0 Å². The lowest BCUT2D eigenvalue weighted by atomic mass is 10.0. The molecule has 0 saturated carbocycles. The first kappa shape index (κ1) is 16.7. The van der Waals surface area contributed by atoms with Gasteiger partial charge in [-0.2, -0.15) is 5.10 Å². The molecule has 6 nitrogen and oxygen atoms in total. The zero-order valence-electron chi connectivity index (χ0n) is 15.6. The van der Waals surface area contributed by atoms with Crippen LogP contribution < -0.4 is 5.32 Å². The summed E-state index contributed by atoms with van der Waals surface area (Å²) >= 11 is 0. The molecule has 0 amide bonds. The third kappa shape index (κ3) is 3.42. The van der Waals surface area contributed by atoms with E-state index in [1.54, 1.807) is 0 Å². The highest BCUT2D eigenvalue weighted by molar-refractivity contribution is 5.51. The van der Waals surface area contributed by atoms with E-state index in [4.69, 9.17) is 5.10 Å². The van der Waals surface area contributed by atoms with Gasteiger partial charge >= 0.3 is 0 Å². The molecule has 5 rings (SSSR count). The van der Waals surface area contributed by atoms with Crippen molar-refractivity contribution < 1.29 is 0 Å². The summed E-state index contributed by atoms with van der Waals surface area (Å²) in [5.74, 6) is 1.00. The zero-order valence-corrected chi connectivity index (χ0v) is 15.6. The average Bonchev–Trinajstić information content (AvgIpc) is 3.36. The predicted octanol–water partition coefficient (Wildman–Crippen LogP) is 2.69. The van der Waals surface area contributed by atoms with E-state index in [1.165, 1.54) is 30.6 Å². The summed E-state index contributed by atoms with van der Waals surface area (Å²) in [5.41, 5.74) is 3.64. The predicted molar refractivity (Wildman–Crippen MR) is 105 cm³/mol. The van der Waals surface area contributed by atoms with Crippen molar-refractivity contribution in [2.45, 2.75) is 38.5 Å². The summed E-state index contributed by atoms with van der Waals surface area (Å²) in [6, 6.07) is 13.4. The molecule has 2 aliphatic rings. The molecule has 140 valence electrons. The van der Waals surface area contributed by atoms with E-state index in [9.17, 15) is 0 Å². The van der Waals surface area contributed by atoms with E-state index in [1.807, 2.05) is 6.20 Å². The van der Waals surface area contributed by atoms with Crippen LogP contribution in [-0.2, 0) is 19.6 Å². The Morgan fingerprint density at radius 3 is 2.96 bits per heavy atom. The molecular weight excluding hydrogens is 336 g/mol. The molecule has 2 aliphatic heterocycles. The van der Waals surface area contributed by atoms with E-state index >= 15 is 0 Å². The third-order valence-corrected chi connectivity index (χ3v) is 5.69. The quantitative estimate of drug-likeness (QED) is 0.775. The molecule has 0 radical (unpaired) electrons. The molecule has 1 aromatic carbocycles. The smallest absolute Gasteiger partial charge is 0.160 e. The second-order valence-electron chi connectivity index (χ2n) is 7.60. The van der Waals surface area contributed by atoms with Gasteiger partial charge in [0, 0.05) is 44.6 Å². The molecule has 1 atom stereocenters. The molecular formula is C21H26N6. The van der Waals surface area contributed by atoms with Crippen molar-refractivity contribution in [3.8, 4) is 11.5 Å². The minimum Gasteiger partial charge on any atom is -0.325 e. The van der Waals surface area contributed by atoms with Crippen LogP contribution >= 0.6 is 0 Å². The minimum atomic E-state index is 0.455. The molecule has 1 N–H and O–H groups in total. The van der Waals surface area contributed by atoms with Crippen LogP contribution in [0.3, 0.4) is 0 Å². The number of piperidine rings is 1. The third-order valence-electron chi connectivity index (χ3n) is 5.69. The van der Waals surface area contributed by atoms with Crippen molar-refractivity contribution in [2.24, 2.45) is 0 Å². The van der Waals surface area contributed by atoms with Gasteiger partial charge in [-0.05, 0) is 31.0 Å². The Kier molecular flexibility index (Phi) is 4.51. The average molecular weight is 362 g/mol. The van der Waals surface area contributed by atoms with Crippen molar-refractivity contribution in [1.82, 2.24) is 29.5 Å². The van der Waals surface area contributed by atoms with Crippen molar-refractivity contribution in [2.75, 3.05) is 19.6 Å². The van der Waals surface area contributed by atoms with Crippen LogP contribution in [0.1, 0.15) is 30.1 Å². The van der Waals surface area contributed by atoms with Crippen molar-refractivity contribution in [3.63, 3.8) is 0 Å². The lowest BCUT2D eigenvalue weighted by Crippen LogP contribution is -2.36. The van der Waals surface area contributed by atoms with Crippen molar-refractivity contribution in [1.29, 1.82) is 0 Å². The lowest BCUT2D eigenvalue weighted by molar-refractivity contribution is 0.171. The van der Waals surface area contributed by atoms with Crippen molar-refractivity contribution >= 4 is 0 Å². The fourth-order valence-corrected chi connectivity index (χ4v) is 4.35. The van der Waals surface area contributed by atoms with E-state index in [0.29, 0.717) is 6.04 Å². The van der Waals surface area contributed by atoms with E-state index in [-0.39, 0.29) is 0 Å². The summed E-state index contributed by atoms with van der Waals surface area (Å²) in [5, 5.41) is 8.23. The number of fused-ring (bicyclic) bond motifs is 1. The van der Waals surface area contributed by atoms with Crippen LogP contribution in [0.5, 0.6) is 0 Å². The number of benzene rings is 1. The van der Waals surface area contributed by atoms with Gasteiger partial charge in [-0.1, -0.05) is 30.3 Å². The van der Waals surface area contributed by atoms with Crippen LogP contribution in [0.15, 0.2) is 48.8 Å². The Balaban J connectivity index is 1.36. The second-order valence-corrected chi connectivity index (χ2v) is 7.60. The maximum Gasteiger partial charge on any atom is 0.160 e. The molecule has 1 saturated heterocycles. The van der Waals surface area contributed by atoms with Crippen molar-refractivity contribution in [3.05, 3.63) is 60.0 Å². The Morgan fingerprint density at radius 1 is 1.15 bits per heavy atom. The first-order valence-electron chi connectivity index (χ1n) is 9.94. The largest absolute Gasteiger partial charge is 0.325 e. The number of aromatic nitrogens is 4. The number of imidazole rings is 1. The number of rotatable bonds is 4. The molecule has 0 bridgehead atoms. The number of hydrogen-bond acceptors (Lipinski definition) is 4. The topological polar surface area (TPSA) is 50.9 Å². The Bertz CT molecular complexity index is 873. The molecule has 4 heterocycles. The van der Waals surface area contributed by atoms with Crippen LogP contribution in [0.25, 0.3) is 11.5 Å². The summed E-state index contributed by atoms with van der Waals surface area (Å²) < 4.78 is 4.46. The van der Waals surface area contributed by atoms with Gasteiger partial charge in [-0.15, -0.1) is 0 Å². The Hall–Kier alpha value is -2.44. The second kappa shape index (κ2) is 7.29. The standard InChI is InChI=1S/C21H26N6/c1-2-5-17(6-3-1)15-25-10-4-7-18(16-25)26-11-9-23-21(26)20-13-19-14-22-8-12-27(19)24-20/h1-3,5-6,9,11,13,18,22H,4,7-8,10,12,14-16H2/t18-/m0/s1. The van der Waals surface area contributed by atoms with E-state index in [0.717, 1.165) is 44.2 Å². The molecule has 3 aromatic rings. The maximum absolute atomic E-state index is 4.82. The highest BCUT2D eigenvalue weighted by atomic mass is 15.3. The Labute approximate surface area is 159 Å². The zero-order chi connectivity index (χ0) is 18.1. The minimum absolute atomic E-state index is 0.455. The van der Waals surface area contributed by atoms with Gasteiger partial charge < -0.3 is 9.88 Å². The van der Waals surface area contributed by atoms with Gasteiger partial charge in [-0.3, -0.25) is 9.58 Å².